The zero-order valence-electron chi connectivity index (χ0n) is 2.49. The first-order valence-corrected chi connectivity index (χ1v) is 14.2. The number of halogens is 3. The van der Waals surface area contributed by atoms with Gasteiger partial charge in [0.05, 0.1) is 0 Å². The minimum absolute atomic E-state index is 0.750. The molecule has 0 amide bonds. The van der Waals surface area contributed by atoms with E-state index in [2.05, 4.69) is 0 Å². The molecule has 0 heterocycles. The first kappa shape index (κ1) is 11.1. The average molecular weight is 379 g/mol. The Labute approximate surface area is 66.4 Å². The molecular weight excluding hydrogens is 379 g/mol. The maximum absolute atomic E-state index is 8.25. The quantitative estimate of drug-likeness (QED) is 0.584. The van der Waals surface area contributed by atoms with Crippen molar-refractivity contribution in [1.82, 2.24) is 0 Å². The van der Waals surface area contributed by atoms with Crippen LogP contribution >= 0.6 is 25.5 Å². The van der Waals surface area contributed by atoms with E-state index in [1.807, 2.05) is 0 Å². The van der Waals surface area contributed by atoms with E-state index in [4.69, 9.17) is 28.9 Å². The third-order valence-electron chi connectivity index (χ3n) is 0. The fourth-order valence-corrected chi connectivity index (χ4v) is 0. The van der Waals surface area contributed by atoms with Crippen LogP contribution in [-0.2, 0) is 23.7 Å². The van der Waals surface area contributed by atoms with Crippen molar-refractivity contribution in [2.45, 2.75) is 0 Å². The van der Waals surface area contributed by atoms with Crippen LogP contribution in [0.3, 0.4) is 0 Å². The second-order valence-electron chi connectivity index (χ2n) is 0.192. The monoisotopic (exact) mass is 378 g/mol. The van der Waals surface area contributed by atoms with Crippen molar-refractivity contribution in [3.05, 3.63) is 0 Å². The van der Waals surface area contributed by atoms with E-state index < -0.39 is 18.2 Å². The summed E-state index contributed by atoms with van der Waals surface area (Å²) >= 11 is -1.43. The normalized spacial score (nSPS) is 6.50. The Kier molecular flexibility index (Phi) is 19.1. The summed E-state index contributed by atoms with van der Waals surface area (Å²) in [5.41, 5.74) is 0. The second kappa shape index (κ2) is 10.3. The Morgan fingerprint density at radius 2 is 1.17 bits per heavy atom. The molecule has 0 aliphatic carbocycles. The number of rotatable bonds is 0. The van der Waals surface area contributed by atoms with Gasteiger partial charge in [-0.3, -0.25) is 0 Å². The van der Waals surface area contributed by atoms with E-state index in [9.17, 15) is 0 Å². The Balaban J connectivity index is 0. The molecule has 0 spiro atoms. The van der Waals surface area contributed by atoms with Gasteiger partial charge in [0.15, 0.2) is 0 Å². The minimum atomic E-state index is -2.18. The summed E-state index contributed by atoms with van der Waals surface area (Å²) in [7, 11) is 15.0. The molecule has 0 saturated carbocycles. The number of hydrogen-bond acceptors (Lipinski definition) is 1. The van der Waals surface area contributed by atoms with Gasteiger partial charge in [-0.2, -0.15) is 0 Å². The molecule has 0 aliphatic heterocycles. The molecule has 0 aromatic carbocycles. The van der Waals surface area contributed by atoms with Crippen molar-refractivity contribution in [2.24, 2.45) is 0 Å². The fourth-order valence-electron chi connectivity index (χ4n) is 0. The van der Waals surface area contributed by atoms with E-state index in [0.29, 0.717) is 0 Å². The fraction of sp³-hybridized carbons (Fsp3) is 0. The Morgan fingerprint density at radius 3 is 1.17 bits per heavy atom. The van der Waals surface area contributed by atoms with Crippen molar-refractivity contribution >= 4 is 43.7 Å². The van der Waals surface area contributed by atoms with Crippen LogP contribution in [0.25, 0.3) is 0 Å². The van der Waals surface area contributed by atoms with Crippen LogP contribution in [-0.4, -0.2) is 18.2 Å². The standard InChI is InChI=1S/Bi.3ClH.O.Ti/h;3*1H;;/q+3;;;;;/p-3. The van der Waals surface area contributed by atoms with Crippen molar-refractivity contribution in [3.8, 4) is 0 Å². The van der Waals surface area contributed by atoms with Gasteiger partial charge in [-0.15, -0.1) is 0 Å². The van der Waals surface area contributed by atoms with Crippen LogP contribution in [0.5, 0.6) is 0 Å². The first-order valence-electron chi connectivity index (χ1n) is 0.711. The number of hydrogen-bond donors (Lipinski definition) is 0. The van der Waals surface area contributed by atoms with Crippen molar-refractivity contribution in [3.63, 3.8) is 0 Å². The molecule has 36 valence electrons. The average Bonchev–Trinajstić information content (AvgIpc) is 1.41. The van der Waals surface area contributed by atoms with Gasteiger partial charge < -0.3 is 0 Å². The first-order chi connectivity index (χ1) is 2.73. The van der Waals surface area contributed by atoms with Crippen LogP contribution in [0.1, 0.15) is 0 Å². The van der Waals surface area contributed by atoms with Crippen LogP contribution in [0, 0.1) is 0 Å². The van der Waals surface area contributed by atoms with Crippen molar-refractivity contribution in [2.75, 3.05) is 0 Å². The molecule has 0 saturated heterocycles. The zero-order chi connectivity index (χ0) is 5.58. The van der Waals surface area contributed by atoms with E-state index in [1.54, 1.807) is 0 Å². The molecule has 0 unspecified atom stereocenters. The van der Waals surface area contributed by atoms with Crippen LogP contribution in [0.2, 0.25) is 0 Å². The summed E-state index contributed by atoms with van der Waals surface area (Å²) in [6, 6.07) is 0. The van der Waals surface area contributed by atoms with Gasteiger partial charge in [-0.05, 0) is 0 Å². The summed E-state index contributed by atoms with van der Waals surface area (Å²) in [4.78, 5) is 0. The maximum atomic E-state index is 8.25. The van der Waals surface area contributed by atoms with Gasteiger partial charge in [0, 0.05) is 0 Å². The zero-order valence-corrected chi connectivity index (χ0v) is 9.80. The summed E-state index contributed by atoms with van der Waals surface area (Å²) in [5.74, 6) is 0. The second-order valence-corrected chi connectivity index (χ2v) is 15.1. The Hall–Kier alpha value is 2.27. The molecule has 6 heteroatoms. The summed E-state index contributed by atoms with van der Waals surface area (Å²) in [5, 5.41) is 0. The van der Waals surface area contributed by atoms with Crippen LogP contribution in [0.15, 0.2) is 0 Å². The Bertz CT molecular complexity index is 22.0. The van der Waals surface area contributed by atoms with E-state index in [0.717, 1.165) is 20.4 Å². The van der Waals surface area contributed by atoms with Crippen molar-refractivity contribution in [1.29, 1.82) is 0 Å². The van der Waals surface area contributed by atoms with Gasteiger partial charge in [0.25, 0.3) is 0 Å². The molecule has 0 rings (SSSR count). The van der Waals surface area contributed by atoms with E-state index >= 15 is 0 Å². The van der Waals surface area contributed by atoms with Crippen LogP contribution in [0.4, 0.5) is 0 Å². The predicted octanol–water partition coefficient (Wildman–Crippen LogP) is 1.57. The van der Waals surface area contributed by atoms with E-state index in [1.165, 1.54) is 0 Å². The molecule has 0 aliphatic rings. The van der Waals surface area contributed by atoms with Gasteiger partial charge in [-0.1, -0.05) is 0 Å². The van der Waals surface area contributed by atoms with Gasteiger partial charge in [-0.25, -0.2) is 0 Å². The predicted molar refractivity (Wildman–Crippen MR) is 24.0 cm³/mol. The molecule has 0 bridgehead atoms. The molecule has 0 fully saturated rings. The summed E-state index contributed by atoms with van der Waals surface area (Å²) in [6.07, 6.45) is 0. The molecule has 0 N–H and O–H groups in total. The van der Waals surface area contributed by atoms with Crippen molar-refractivity contribution < 1.29 is 23.7 Å². The summed E-state index contributed by atoms with van der Waals surface area (Å²) in [6.45, 7) is 0. The molecule has 1 nitrogen and oxygen atoms in total. The summed E-state index contributed by atoms with van der Waals surface area (Å²) < 4.78 is 8.25. The molecular formula is BiCl3OTi. The van der Waals surface area contributed by atoms with Gasteiger partial charge >= 0.3 is 67.4 Å². The SMILES string of the molecule is [Cl][Bi]([Cl])[Cl].[O]=[Ti]. The van der Waals surface area contributed by atoms with Crippen LogP contribution < -0.4 is 0 Å². The van der Waals surface area contributed by atoms with E-state index in [-0.39, 0.29) is 0 Å². The van der Waals surface area contributed by atoms with Gasteiger partial charge in [0.1, 0.15) is 0 Å². The third kappa shape index (κ3) is 33.8. The Morgan fingerprint density at radius 1 is 1.17 bits per heavy atom. The molecule has 0 radical (unpaired) electrons. The molecule has 6 heavy (non-hydrogen) atoms. The topological polar surface area (TPSA) is 17.1 Å². The molecule has 0 aromatic rings. The van der Waals surface area contributed by atoms with Gasteiger partial charge in [0.2, 0.25) is 0 Å². The molecule has 0 atom stereocenters. The third-order valence-corrected chi connectivity index (χ3v) is 0. The molecule has 0 aromatic heterocycles.